The van der Waals surface area contributed by atoms with Gasteiger partial charge in [-0.05, 0) is 40.5 Å². The fourth-order valence-electron chi connectivity index (χ4n) is 1.09. The normalized spacial score (nSPS) is 9.93. The smallest absolute Gasteiger partial charge is 0.275 e. The van der Waals surface area contributed by atoms with Gasteiger partial charge in [-0.25, -0.2) is 0 Å². The zero-order valence-electron chi connectivity index (χ0n) is 7.08. The largest absolute Gasteiger partial charge is 0.285 e. The van der Waals surface area contributed by atoms with Gasteiger partial charge in [0.25, 0.3) is 10.9 Å². The molecule has 6 heteroatoms. The van der Waals surface area contributed by atoms with Crippen LogP contribution < -0.4 is 0 Å². The molecule has 0 aromatic heterocycles. The van der Waals surface area contributed by atoms with Crippen LogP contribution in [0.15, 0.2) is 16.6 Å². The van der Waals surface area contributed by atoms with E-state index < -0.39 is 10.2 Å². The monoisotopic (exact) mass is 277 g/mol. The van der Waals surface area contributed by atoms with E-state index >= 15 is 0 Å². The van der Waals surface area contributed by atoms with Crippen LogP contribution in [0, 0.1) is 17.0 Å². The van der Waals surface area contributed by atoms with E-state index in [1.54, 1.807) is 19.1 Å². The molecule has 0 saturated heterocycles. The summed E-state index contributed by atoms with van der Waals surface area (Å²) in [6.07, 6.45) is 0. The summed E-state index contributed by atoms with van der Waals surface area (Å²) < 4.78 is 0.329. The molecule has 74 valence electrons. The Balaban J connectivity index is 3.58. The van der Waals surface area contributed by atoms with Crippen molar-refractivity contribution in [2.75, 3.05) is 0 Å². The summed E-state index contributed by atoms with van der Waals surface area (Å²) in [4.78, 5) is 21.0. The number of nitro benzene ring substituents is 1. The minimum Gasteiger partial charge on any atom is -0.275 e. The molecule has 4 nitrogen and oxygen atoms in total. The number of nitrogens with zero attached hydrogens (tertiary/aromatic N) is 1. The second-order valence-corrected chi connectivity index (χ2v) is 3.82. The van der Waals surface area contributed by atoms with Gasteiger partial charge in [0.1, 0.15) is 5.56 Å². The van der Waals surface area contributed by atoms with E-state index in [4.69, 9.17) is 11.6 Å². The van der Waals surface area contributed by atoms with Crippen molar-refractivity contribution in [3.05, 3.63) is 37.8 Å². The highest BCUT2D eigenvalue weighted by Gasteiger charge is 2.24. The summed E-state index contributed by atoms with van der Waals surface area (Å²) in [5, 5.41) is 9.83. The maximum Gasteiger partial charge on any atom is 0.285 e. The van der Waals surface area contributed by atoms with Crippen molar-refractivity contribution < 1.29 is 9.72 Å². The molecule has 1 rings (SSSR count). The molecule has 1 aromatic rings. The van der Waals surface area contributed by atoms with E-state index in [2.05, 4.69) is 15.9 Å². The maximum atomic E-state index is 11.0. The van der Waals surface area contributed by atoms with Crippen molar-refractivity contribution >= 4 is 38.5 Å². The van der Waals surface area contributed by atoms with Gasteiger partial charge in [0.05, 0.1) is 4.92 Å². The van der Waals surface area contributed by atoms with Crippen LogP contribution in [0.25, 0.3) is 0 Å². The molecule has 0 aliphatic carbocycles. The van der Waals surface area contributed by atoms with Gasteiger partial charge in [-0.3, -0.25) is 14.9 Å². The molecule has 0 atom stereocenters. The minimum absolute atomic E-state index is 0.100. The summed E-state index contributed by atoms with van der Waals surface area (Å²) >= 11 is 8.30. The SMILES string of the molecule is Cc1ccc(Br)c(C(=O)Cl)c1[N+](=O)[O-]. The third-order valence-corrected chi connectivity index (χ3v) is 2.56. The molecule has 0 spiro atoms. The molecule has 0 saturated carbocycles. The first-order chi connectivity index (χ1) is 6.45. The van der Waals surface area contributed by atoms with E-state index in [0.29, 0.717) is 10.0 Å². The molecule has 0 N–H and O–H groups in total. The summed E-state index contributed by atoms with van der Waals surface area (Å²) in [5.74, 6) is 0. The average molecular weight is 278 g/mol. The zero-order valence-corrected chi connectivity index (χ0v) is 9.42. The van der Waals surface area contributed by atoms with Gasteiger partial charge in [-0.15, -0.1) is 0 Å². The number of hydrogen-bond acceptors (Lipinski definition) is 3. The standard InChI is InChI=1S/C8H5BrClNO3/c1-4-2-3-5(9)6(8(10)12)7(4)11(13)14/h2-3H,1H3. The Hall–Kier alpha value is -0.940. The molecule has 0 fully saturated rings. The molecule has 0 unspecified atom stereocenters. The van der Waals surface area contributed by atoms with Crippen LogP contribution in [0.4, 0.5) is 5.69 Å². The summed E-state index contributed by atoms with van der Waals surface area (Å²) in [7, 11) is 0. The summed E-state index contributed by atoms with van der Waals surface area (Å²) in [6.45, 7) is 1.55. The van der Waals surface area contributed by atoms with Crippen molar-refractivity contribution in [3.8, 4) is 0 Å². The van der Waals surface area contributed by atoms with Gasteiger partial charge in [-0.2, -0.15) is 0 Å². The molecule has 0 radical (unpaired) electrons. The fraction of sp³-hybridized carbons (Fsp3) is 0.125. The second-order valence-electron chi connectivity index (χ2n) is 2.62. The van der Waals surface area contributed by atoms with Gasteiger partial charge >= 0.3 is 0 Å². The van der Waals surface area contributed by atoms with Gasteiger partial charge in [0.15, 0.2) is 0 Å². The van der Waals surface area contributed by atoms with Crippen LogP contribution in [0.1, 0.15) is 15.9 Å². The van der Waals surface area contributed by atoms with Crippen LogP contribution in [0.3, 0.4) is 0 Å². The molecule has 1 aromatic carbocycles. The maximum absolute atomic E-state index is 11.0. The molecule has 0 heterocycles. The number of carbonyl (C=O) groups is 1. The van der Waals surface area contributed by atoms with E-state index in [0.717, 1.165) is 0 Å². The van der Waals surface area contributed by atoms with Crippen molar-refractivity contribution in [2.24, 2.45) is 0 Å². The zero-order chi connectivity index (χ0) is 10.9. The van der Waals surface area contributed by atoms with Crippen LogP contribution in [0.2, 0.25) is 0 Å². The highest BCUT2D eigenvalue weighted by molar-refractivity contribution is 9.10. The Bertz CT molecular complexity index is 380. The molecular weight excluding hydrogens is 273 g/mol. The van der Waals surface area contributed by atoms with Crippen LogP contribution in [-0.2, 0) is 0 Å². The van der Waals surface area contributed by atoms with Gasteiger partial charge in [0.2, 0.25) is 0 Å². The third-order valence-electron chi connectivity index (χ3n) is 1.71. The molecule has 14 heavy (non-hydrogen) atoms. The average Bonchev–Trinajstić information content (AvgIpc) is 2.07. The summed E-state index contributed by atoms with van der Waals surface area (Å²) in [6, 6.07) is 3.10. The van der Waals surface area contributed by atoms with Crippen molar-refractivity contribution in [2.45, 2.75) is 6.92 Å². The first-order valence-electron chi connectivity index (χ1n) is 3.58. The van der Waals surface area contributed by atoms with E-state index in [-0.39, 0.29) is 11.3 Å². The predicted octanol–water partition coefficient (Wildman–Crippen LogP) is 3.04. The molecule has 0 aliphatic rings. The Morgan fingerprint density at radius 3 is 2.50 bits per heavy atom. The van der Waals surface area contributed by atoms with Crippen molar-refractivity contribution in [3.63, 3.8) is 0 Å². The Morgan fingerprint density at radius 2 is 2.14 bits per heavy atom. The fourth-order valence-corrected chi connectivity index (χ4v) is 1.90. The van der Waals surface area contributed by atoms with Crippen LogP contribution >= 0.6 is 27.5 Å². The number of benzene rings is 1. The van der Waals surface area contributed by atoms with Crippen molar-refractivity contribution in [1.29, 1.82) is 0 Å². The Morgan fingerprint density at radius 1 is 1.57 bits per heavy atom. The van der Waals surface area contributed by atoms with Gasteiger partial charge in [0, 0.05) is 10.0 Å². The lowest BCUT2D eigenvalue weighted by Crippen LogP contribution is -2.01. The number of rotatable bonds is 2. The van der Waals surface area contributed by atoms with Crippen LogP contribution in [0.5, 0.6) is 0 Å². The molecular formula is C8H5BrClNO3. The topological polar surface area (TPSA) is 60.2 Å². The Kier molecular flexibility index (Phi) is 3.23. The van der Waals surface area contributed by atoms with Gasteiger partial charge in [-0.1, -0.05) is 6.07 Å². The predicted molar refractivity (Wildman–Crippen MR) is 55.7 cm³/mol. The van der Waals surface area contributed by atoms with E-state index in [9.17, 15) is 14.9 Å². The number of halogens is 2. The number of carbonyl (C=O) groups excluding carboxylic acids is 1. The van der Waals surface area contributed by atoms with E-state index in [1.165, 1.54) is 0 Å². The molecule has 0 bridgehead atoms. The van der Waals surface area contributed by atoms with Gasteiger partial charge < -0.3 is 0 Å². The highest BCUT2D eigenvalue weighted by atomic mass is 79.9. The summed E-state index contributed by atoms with van der Waals surface area (Å²) in [5.41, 5.74) is 0.0539. The molecule has 0 amide bonds. The quantitative estimate of drug-likeness (QED) is 0.474. The first kappa shape index (κ1) is 11.1. The van der Waals surface area contributed by atoms with Crippen molar-refractivity contribution in [1.82, 2.24) is 0 Å². The first-order valence-corrected chi connectivity index (χ1v) is 4.75. The lowest BCUT2D eigenvalue weighted by Gasteiger charge is -2.03. The third kappa shape index (κ3) is 1.93. The molecule has 0 aliphatic heterocycles. The number of hydrogen-bond donors (Lipinski definition) is 0. The number of aryl methyl sites for hydroxylation is 1. The minimum atomic E-state index is -0.840. The Labute approximate surface area is 93.1 Å². The second kappa shape index (κ2) is 4.06. The van der Waals surface area contributed by atoms with E-state index in [1.807, 2.05) is 0 Å². The highest BCUT2D eigenvalue weighted by Crippen LogP contribution is 2.31. The van der Waals surface area contributed by atoms with Crippen LogP contribution in [-0.4, -0.2) is 10.2 Å². The number of nitro groups is 1. The lowest BCUT2D eigenvalue weighted by molar-refractivity contribution is -0.385. The lowest BCUT2D eigenvalue weighted by atomic mass is 10.1.